The third-order valence-electron chi connectivity index (χ3n) is 3.11. The average Bonchev–Trinajstić information content (AvgIpc) is 2.96. The highest BCUT2D eigenvalue weighted by Gasteiger charge is 2.16. The number of unbranched alkanes of at least 4 members (excludes halogenated alkanes) is 1. The van der Waals surface area contributed by atoms with Crippen LogP contribution in [0.25, 0.3) is 0 Å². The Labute approximate surface area is 120 Å². The zero-order chi connectivity index (χ0) is 15.0. The molecule has 1 saturated heterocycles. The van der Waals surface area contributed by atoms with E-state index in [1.54, 1.807) is 0 Å². The zero-order valence-electron chi connectivity index (χ0n) is 11.7. The number of hydrogen-bond donors (Lipinski definition) is 2. The van der Waals surface area contributed by atoms with Crippen LogP contribution in [0.4, 0.5) is 0 Å². The molecule has 1 aromatic heterocycles. The van der Waals surface area contributed by atoms with Gasteiger partial charge in [-0.3, -0.25) is 4.55 Å². The minimum atomic E-state index is -4.92. The SMILES string of the molecule is CCCCn1cc[n+](C[C@@H]2CCCN2)c1.O=S(=O)([O-])O. The molecular weight excluding hydrogens is 282 g/mol. The van der Waals surface area contributed by atoms with E-state index in [9.17, 15) is 0 Å². The van der Waals surface area contributed by atoms with Gasteiger partial charge in [-0.15, -0.1) is 0 Å². The maximum atomic E-state index is 8.63. The molecule has 0 aromatic carbocycles. The second kappa shape index (κ2) is 8.35. The van der Waals surface area contributed by atoms with Gasteiger partial charge < -0.3 is 9.87 Å². The standard InChI is InChI=1S/C12H22N3.H2O4S/c1-2-3-7-14-8-9-15(11-14)10-12-5-4-6-13-12;1-5(2,3)4/h8-9,11-13H,2-7,10H2,1H3;(H2,1,2,3,4)/q+1;/p-1/t12-;/m0./s1. The van der Waals surface area contributed by atoms with Crippen LogP contribution in [0.5, 0.6) is 0 Å². The summed E-state index contributed by atoms with van der Waals surface area (Å²) in [6.07, 6.45) is 11.8. The molecule has 0 unspecified atom stereocenters. The first kappa shape index (κ1) is 17.1. The molecule has 0 spiro atoms. The predicted molar refractivity (Wildman–Crippen MR) is 72.9 cm³/mol. The molecule has 2 N–H and O–H groups in total. The third kappa shape index (κ3) is 8.26. The topological polar surface area (TPSA) is 98.3 Å². The van der Waals surface area contributed by atoms with Crippen LogP contribution in [-0.2, 0) is 23.5 Å². The fraction of sp³-hybridized carbons (Fsp3) is 0.750. The van der Waals surface area contributed by atoms with Gasteiger partial charge in [-0.05, 0) is 25.8 Å². The third-order valence-corrected chi connectivity index (χ3v) is 3.11. The van der Waals surface area contributed by atoms with Gasteiger partial charge in [-0.25, -0.2) is 17.6 Å². The molecule has 7 nitrogen and oxygen atoms in total. The van der Waals surface area contributed by atoms with Gasteiger partial charge in [0.2, 0.25) is 16.7 Å². The van der Waals surface area contributed by atoms with Crippen LogP contribution in [0.1, 0.15) is 32.6 Å². The molecule has 1 fully saturated rings. The number of hydrogen-bond acceptors (Lipinski definition) is 4. The van der Waals surface area contributed by atoms with Crippen molar-refractivity contribution in [3.63, 3.8) is 0 Å². The van der Waals surface area contributed by atoms with Gasteiger partial charge in [0.1, 0.15) is 18.9 Å². The lowest BCUT2D eigenvalue weighted by molar-refractivity contribution is -0.698. The summed E-state index contributed by atoms with van der Waals surface area (Å²) < 4.78 is 37.4. The van der Waals surface area contributed by atoms with Crippen LogP contribution in [0.2, 0.25) is 0 Å². The van der Waals surface area contributed by atoms with E-state index in [0.29, 0.717) is 6.04 Å². The van der Waals surface area contributed by atoms with E-state index in [4.69, 9.17) is 17.5 Å². The minimum absolute atomic E-state index is 0.692. The summed E-state index contributed by atoms with van der Waals surface area (Å²) in [6, 6.07) is 0.692. The lowest BCUT2D eigenvalue weighted by Crippen LogP contribution is -2.41. The number of aromatic nitrogens is 2. The molecule has 0 radical (unpaired) electrons. The van der Waals surface area contributed by atoms with Gasteiger partial charge in [0.25, 0.3) is 0 Å². The smallest absolute Gasteiger partial charge is 0.243 e. The maximum absolute atomic E-state index is 8.63. The first-order valence-electron chi connectivity index (χ1n) is 6.85. The van der Waals surface area contributed by atoms with Crippen molar-refractivity contribution in [1.82, 2.24) is 9.88 Å². The van der Waals surface area contributed by atoms with Crippen molar-refractivity contribution in [1.29, 1.82) is 0 Å². The van der Waals surface area contributed by atoms with Crippen molar-refractivity contribution in [2.75, 3.05) is 6.54 Å². The van der Waals surface area contributed by atoms with E-state index in [-0.39, 0.29) is 0 Å². The van der Waals surface area contributed by atoms with Crippen molar-refractivity contribution in [2.24, 2.45) is 0 Å². The van der Waals surface area contributed by atoms with Gasteiger partial charge in [0.05, 0.1) is 6.54 Å². The lowest BCUT2D eigenvalue weighted by Gasteiger charge is -2.05. The first-order valence-corrected chi connectivity index (χ1v) is 8.21. The van der Waals surface area contributed by atoms with Crippen molar-refractivity contribution < 1.29 is 22.1 Å². The van der Waals surface area contributed by atoms with E-state index in [0.717, 1.165) is 13.1 Å². The molecule has 0 saturated carbocycles. The summed E-state index contributed by atoms with van der Waals surface area (Å²) in [5, 5.41) is 3.53. The van der Waals surface area contributed by atoms with Crippen LogP contribution in [0.3, 0.4) is 0 Å². The highest BCUT2D eigenvalue weighted by Crippen LogP contribution is 2.04. The van der Waals surface area contributed by atoms with Gasteiger partial charge in [0.15, 0.2) is 0 Å². The Morgan fingerprint density at radius 3 is 2.80 bits per heavy atom. The van der Waals surface area contributed by atoms with E-state index < -0.39 is 10.4 Å². The number of aryl methyl sites for hydroxylation is 1. The Balaban J connectivity index is 0.000000347. The summed E-state index contributed by atoms with van der Waals surface area (Å²) in [7, 11) is -4.92. The van der Waals surface area contributed by atoms with E-state index in [1.165, 1.54) is 32.2 Å². The zero-order valence-corrected chi connectivity index (χ0v) is 12.6. The quantitative estimate of drug-likeness (QED) is 0.464. The number of imidazole rings is 1. The maximum Gasteiger partial charge on any atom is 0.243 e. The van der Waals surface area contributed by atoms with Gasteiger partial charge >= 0.3 is 0 Å². The molecule has 0 amide bonds. The predicted octanol–water partition coefficient (Wildman–Crippen LogP) is 0.332. The summed E-state index contributed by atoms with van der Waals surface area (Å²) in [6.45, 7) is 5.71. The molecule has 1 atom stereocenters. The number of nitrogens with one attached hydrogen (secondary N) is 1. The van der Waals surface area contributed by atoms with Crippen LogP contribution < -0.4 is 9.88 Å². The molecule has 2 heterocycles. The van der Waals surface area contributed by atoms with E-state index in [1.807, 2.05) is 0 Å². The lowest BCUT2D eigenvalue weighted by atomic mass is 10.2. The fourth-order valence-corrected chi connectivity index (χ4v) is 2.19. The molecular formula is C12H23N3O4S. The Morgan fingerprint density at radius 1 is 1.55 bits per heavy atom. The molecule has 0 bridgehead atoms. The Hall–Kier alpha value is -0.960. The number of nitrogens with zero attached hydrogens (tertiary/aromatic N) is 2. The van der Waals surface area contributed by atoms with Gasteiger partial charge in [0, 0.05) is 6.04 Å². The second-order valence-corrected chi connectivity index (χ2v) is 5.78. The summed E-state index contributed by atoms with van der Waals surface area (Å²) in [5.41, 5.74) is 0. The molecule has 1 aliphatic heterocycles. The average molecular weight is 305 g/mol. The van der Waals surface area contributed by atoms with Gasteiger partial charge in [-0.2, -0.15) is 0 Å². The van der Waals surface area contributed by atoms with Crippen LogP contribution in [-0.4, -0.2) is 34.7 Å². The first-order chi connectivity index (χ1) is 9.38. The van der Waals surface area contributed by atoms with Crippen molar-refractivity contribution in [3.8, 4) is 0 Å². The fourth-order valence-electron chi connectivity index (χ4n) is 2.19. The summed E-state index contributed by atoms with van der Waals surface area (Å²) >= 11 is 0. The Bertz CT molecular complexity index is 473. The monoisotopic (exact) mass is 305 g/mol. The number of rotatable bonds is 5. The molecule has 20 heavy (non-hydrogen) atoms. The molecule has 116 valence electrons. The highest BCUT2D eigenvalue weighted by atomic mass is 32.3. The molecule has 1 aromatic rings. The minimum Gasteiger partial charge on any atom is -0.726 e. The highest BCUT2D eigenvalue weighted by molar-refractivity contribution is 7.79. The van der Waals surface area contributed by atoms with Gasteiger partial charge in [-0.1, -0.05) is 13.3 Å². The molecule has 8 heteroatoms. The van der Waals surface area contributed by atoms with Crippen molar-refractivity contribution in [3.05, 3.63) is 18.7 Å². The van der Waals surface area contributed by atoms with Crippen LogP contribution in [0, 0.1) is 0 Å². The van der Waals surface area contributed by atoms with Crippen molar-refractivity contribution in [2.45, 2.75) is 51.7 Å². The molecule has 1 aliphatic rings. The Morgan fingerprint density at radius 2 is 2.25 bits per heavy atom. The van der Waals surface area contributed by atoms with E-state index >= 15 is 0 Å². The Kier molecular flexibility index (Phi) is 7.14. The van der Waals surface area contributed by atoms with Crippen LogP contribution in [0.15, 0.2) is 18.7 Å². The van der Waals surface area contributed by atoms with Crippen LogP contribution >= 0.6 is 0 Å². The summed E-state index contributed by atoms with van der Waals surface area (Å²) in [4.78, 5) is 0. The largest absolute Gasteiger partial charge is 0.726 e. The normalized spacial score (nSPS) is 18.6. The second-order valence-electron chi connectivity index (χ2n) is 4.92. The summed E-state index contributed by atoms with van der Waals surface area (Å²) in [5.74, 6) is 0. The molecule has 0 aliphatic carbocycles. The van der Waals surface area contributed by atoms with Crippen molar-refractivity contribution >= 4 is 10.4 Å². The van der Waals surface area contributed by atoms with E-state index in [2.05, 4.69) is 40.1 Å². The molecule has 2 rings (SSSR count).